The molecule has 1 saturated heterocycles. The summed E-state index contributed by atoms with van der Waals surface area (Å²) in [7, 11) is 1.49. The topological polar surface area (TPSA) is 84.9 Å². The number of methoxy groups -OCH3 is 1. The summed E-state index contributed by atoms with van der Waals surface area (Å²) in [6.45, 7) is 1.74. The minimum Gasteiger partial charge on any atom is -0.495 e. The zero-order chi connectivity index (χ0) is 21.0. The summed E-state index contributed by atoms with van der Waals surface area (Å²) in [6, 6.07) is 12.3. The van der Waals surface area contributed by atoms with Crippen LogP contribution in [0.4, 0.5) is 11.4 Å². The van der Waals surface area contributed by atoms with Crippen molar-refractivity contribution in [3.8, 4) is 5.75 Å². The Balaban J connectivity index is 1.51. The molecule has 29 heavy (non-hydrogen) atoms. The summed E-state index contributed by atoms with van der Waals surface area (Å²) in [5.41, 5.74) is 2.28. The smallest absolute Gasteiger partial charge is 0.311 e. The lowest BCUT2D eigenvalue weighted by Gasteiger charge is -2.16. The van der Waals surface area contributed by atoms with E-state index in [-0.39, 0.29) is 18.9 Å². The standard InChI is InChI=1S/C21H21ClN2O5/c1-13-3-6-16(7-4-13)24-11-14(9-20(24)26)21(27)29-12-19(25)23-15-5-8-18(28-2)17(22)10-15/h3-8,10,14H,9,11-12H2,1-2H3,(H,23,25)/t14-/m0/s1. The molecule has 3 rings (SSSR count). The highest BCUT2D eigenvalue weighted by Gasteiger charge is 2.36. The molecule has 1 fully saturated rings. The lowest BCUT2D eigenvalue weighted by atomic mass is 10.1. The van der Waals surface area contributed by atoms with Crippen molar-refractivity contribution in [2.24, 2.45) is 5.92 Å². The molecule has 7 nitrogen and oxygen atoms in total. The number of hydrogen-bond donors (Lipinski definition) is 1. The number of esters is 1. The van der Waals surface area contributed by atoms with E-state index in [2.05, 4.69) is 5.32 Å². The monoisotopic (exact) mass is 416 g/mol. The second-order valence-corrected chi connectivity index (χ2v) is 7.15. The van der Waals surface area contributed by atoms with Gasteiger partial charge in [-0.25, -0.2) is 0 Å². The van der Waals surface area contributed by atoms with Gasteiger partial charge in [0.05, 0.1) is 18.1 Å². The number of halogens is 1. The number of benzene rings is 2. The number of amides is 2. The van der Waals surface area contributed by atoms with E-state index in [0.29, 0.717) is 16.5 Å². The van der Waals surface area contributed by atoms with Crippen LogP contribution in [0.25, 0.3) is 0 Å². The molecular formula is C21H21ClN2O5. The normalized spacial score (nSPS) is 15.9. The van der Waals surface area contributed by atoms with Gasteiger partial charge in [-0.05, 0) is 37.3 Å². The molecule has 1 aliphatic heterocycles. The summed E-state index contributed by atoms with van der Waals surface area (Å²) in [4.78, 5) is 38.2. The predicted molar refractivity (Wildman–Crippen MR) is 109 cm³/mol. The van der Waals surface area contributed by atoms with Gasteiger partial charge in [0.2, 0.25) is 5.91 Å². The van der Waals surface area contributed by atoms with E-state index >= 15 is 0 Å². The Morgan fingerprint density at radius 2 is 1.93 bits per heavy atom. The number of rotatable bonds is 6. The maximum Gasteiger partial charge on any atom is 0.311 e. The summed E-state index contributed by atoms with van der Waals surface area (Å²) >= 11 is 6.01. The largest absolute Gasteiger partial charge is 0.495 e. The quantitative estimate of drug-likeness (QED) is 0.731. The van der Waals surface area contributed by atoms with Crippen LogP contribution >= 0.6 is 11.6 Å². The minimum absolute atomic E-state index is 0.0580. The van der Waals surface area contributed by atoms with E-state index in [1.807, 2.05) is 31.2 Å². The number of ether oxygens (including phenoxy) is 2. The van der Waals surface area contributed by atoms with Crippen LogP contribution in [0.15, 0.2) is 42.5 Å². The predicted octanol–water partition coefficient (Wildman–Crippen LogP) is 3.19. The molecule has 1 N–H and O–H groups in total. The Hall–Kier alpha value is -3.06. The first kappa shape index (κ1) is 20.7. The Morgan fingerprint density at radius 1 is 1.21 bits per heavy atom. The average molecular weight is 417 g/mol. The fraction of sp³-hybridized carbons (Fsp3) is 0.286. The SMILES string of the molecule is COc1ccc(NC(=O)COC(=O)[C@H]2CC(=O)N(c3ccc(C)cc3)C2)cc1Cl. The number of anilines is 2. The Kier molecular flexibility index (Phi) is 6.39. The molecule has 0 aliphatic carbocycles. The highest BCUT2D eigenvalue weighted by molar-refractivity contribution is 6.32. The van der Waals surface area contributed by atoms with Gasteiger partial charge in [-0.2, -0.15) is 0 Å². The molecule has 2 amide bonds. The molecule has 8 heteroatoms. The van der Waals surface area contributed by atoms with Crippen LogP contribution in [0.3, 0.4) is 0 Å². The molecule has 1 aliphatic rings. The summed E-state index contributed by atoms with van der Waals surface area (Å²) in [6.07, 6.45) is 0.0580. The molecular weight excluding hydrogens is 396 g/mol. The summed E-state index contributed by atoms with van der Waals surface area (Å²) < 4.78 is 10.1. The Bertz CT molecular complexity index is 929. The molecule has 0 bridgehead atoms. The van der Waals surface area contributed by atoms with E-state index in [9.17, 15) is 14.4 Å². The van der Waals surface area contributed by atoms with Crippen LogP contribution in [-0.2, 0) is 19.1 Å². The maximum atomic E-state index is 12.3. The number of carbonyl (C=O) groups excluding carboxylic acids is 3. The van der Waals surface area contributed by atoms with Gasteiger partial charge in [0.15, 0.2) is 6.61 Å². The first-order chi connectivity index (χ1) is 13.9. The maximum absolute atomic E-state index is 12.3. The van der Waals surface area contributed by atoms with Crippen LogP contribution in [0.5, 0.6) is 5.75 Å². The van der Waals surface area contributed by atoms with Crippen molar-refractivity contribution in [1.29, 1.82) is 0 Å². The van der Waals surface area contributed by atoms with Gasteiger partial charge in [-0.15, -0.1) is 0 Å². The van der Waals surface area contributed by atoms with Gasteiger partial charge in [-0.3, -0.25) is 14.4 Å². The average Bonchev–Trinajstić information content (AvgIpc) is 3.08. The van der Waals surface area contributed by atoms with Crippen molar-refractivity contribution in [3.63, 3.8) is 0 Å². The van der Waals surface area contributed by atoms with Gasteiger partial charge >= 0.3 is 5.97 Å². The van der Waals surface area contributed by atoms with Crippen molar-refractivity contribution in [1.82, 2.24) is 0 Å². The van der Waals surface area contributed by atoms with Gasteiger partial charge in [0, 0.05) is 24.3 Å². The fourth-order valence-electron chi connectivity index (χ4n) is 3.04. The third kappa shape index (κ3) is 5.06. The van der Waals surface area contributed by atoms with Gasteiger partial charge in [-0.1, -0.05) is 29.3 Å². The fourth-order valence-corrected chi connectivity index (χ4v) is 3.29. The Labute approximate surface area is 173 Å². The van der Waals surface area contributed by atoms with E-state index in [1.54, 1.807) is 17.0 Å². The number of nitrogens with one attached hydrogen (secondary N) is 1. The molecule has 152 valence electrons. The van der Waals surface area contributed by atoms with Gasteiger partial charge in [0.25, 0.3) is 5.91 Å². The van der Waals surface area contributed by atoms with Crippen molar-refractivity contribution < 1.29 is 23.9 Å². The number of hydrogen-bond acceptors (Lipinski definition) is 5. The molecule has 0 unspecified atom stereocenters. The van der Waals surface area contributed by atoms with Crippen LogP contribution in [-0.4, -0.2) is 38.0 Å². The summed E-state index contributed by atoms with van der Waals surface area (Å²) in [5.74, 6) is -1.34. The second-order valence-electron chi connectivity index (χ2n) is 6.75. The van der Waals surface area contributed by atoms with Crippen LogP contribution in [0.1, 0.15) is 12.0 Å². The first-order valence-corrected chi connectivity index (χ1v) is 9.42. The number of aryl methyl sites for hydroxylation is 1. The minimum atomic E-state index is -0.605. The van der Waals surface area contributed by atoms with Crippen molar-refractivity contribution in [2.45, 2.75) is 13.3 Å². The molecule has 1 heterocycles. The number of carbonyl (C=O) groups is 3. The molecule has 2 aromatic carbocycles. The highest BCUT2D eigenvalue weighted by Crippen LogP contribution is 2.28. The molecule has 0 spiro atoms. The van der Waals surface area contributed by atoms with Crippen molar-refractivity contribution in [2.75, 3.05) is 30.5 Å². The van der Waals surface area contributed by atoms with E-state index in [4.69, 9.17) is 21.1 Å². The third-order valence-corrected chi connectivity index (χ3v) is 4.88. The molecule has 1 atom stereocenters. The zero-order valence-corrected chi connectivity index (χ0v) is 16.9. The number of nitrogens with zero attached hydrogens (tertiary/aromatic N) is 1. The van der Waals surface area contributed by atoms with Gasteiger partial charge in [0.1, 0.15) is 5.75 Å². The van der Waals surface area contributed by atoms with Crippen molar-refractivity contribution in [3.05, 3.63) is 53.1 Å². The zero-order valence-electron chi connectivity index (χ0n) is 16.1. The van der Waals surface area contributed by atoms with Crippen LogP contribution in [0.2, 0.25) is 5.02 Å². The van der Waals surface area contributed by atoms with Crippen LogP contribution < -0.4 is 15.0 Å². The molecule has 0 radical (unpaired) electrons. The van der Waals surface area contributed by atoms with Gasteiger partial charge < -0.3 is 19.7 Å². The van der Waals surface area contributed by atoms with E-state index in [0.717, 1.165) is 11.3 Å². The second kappa shape index (κ2) is 8.96. The molecule has 0 aromatic heterocycles. The van der Waals surface area contributed by atoms with E-state index < -0.39 is 24.4 Å². The van der Waals surface area contributed by atoms with Crippen molar-refractivity contribution >= 4 is 40.8 Å². The lowest BCUT2D eigenvalue weighted by Crippen LogP contribution is -2.28. The third-order valence-electron chi connectivity index (χ3n) is 4.59. The van der Waals surface area contributed by atoms with E-state index in [1.165, 1.54) is 13.2 Å². The summed E-state index contributed by atoms with van der Waals surface area (Å²) in [5, 5.41) is 2.95. The van der Waals surface area contributed by atoms with Crippen LogP contribution in [0, 0.1) is 12.8 Å². The molecule has 2 aromatic rings. The molecule has 0 saturated carbocycles. The first-order valence-electron chi connectivity index (χ1n) is 9.04. The highest BCUT2D eigenvalue weighted by atomic mass is 35.5. The Morgan fingerprint density at radius 3 is 2.59 bits per heavy atom. The lowest BCUT2D eigenvalue weighted by molar-refractivity contribution is -0.151.